The Labute approximate surface area is 109 Å². The van der Waals surface area contributed by atoms with Crippen LogP contribution < -0.4 is 4.74 Å². The minimum atomic E-state index is -1.02. The molecule has 0 fully saturated rings. The van der Waals surface area contributed by atoms with Crippen molar-refractivity contribution >= 4 is 5.97 Å². The van der Waals surface area contributed by atoms with Crippen LogP contribution >= 0.6 is 0 Å². The normalized spacial score (nSPS) is 13.3. The first-order valence-corrected chi connectivity index (χ1v) is 6.15. The van der Waals surface area contributed by atoms with E-state index in [1.54, 1.807) is 24.5 Å². The van der Waals surface area contributed by atoms with Gasteiger partial charge in [0.1, 0.15) is 17.9 Å². The van der Waals surface area contributed by atoms with E-state index in [1.165, 1.54) is 0 Å². The summed E-state index contributed by atoms with van der Waals surface area (Å²) in [5.74, 6) is -0.208. The van der Waals surface area contributed by atoms with Crippen molar-refractivity contribution in [2.75, 3.05) is 0 Å². The molecule has 2 aromatic heterocycles. The van der Waals surface area contributed by atoms with Crippen LogP contribution in [0.25, 0.3) is 0 Å². The minimum absolute atomic E-state index is 0.118. The molecule has 0 aliphatic heterocycles. The van der Waals surface area contributed by atoms with Gasteiger partial charge in [0.15, 0.2) is 0 Å². The lowest BCUT2D eigenvalue weighted by Crippen LogP contribution is -2.07. The van der Waals surface area contributed by atoms with Gasteiger partial charge in [0, 0.05) is 5.69 Å². The number of aryl methyl sites for hydroxylation is 2. The number of nitrogens with zero attached hydrogens (tertiary/aromatic N) is 1. The number of carbonyl (C=O) groups is 1. The zero-order chi connectivity index (χ0) is 13.2. The van der Waals surface area contributed by atoms with E-state index in [2.05, 4.69) is 4.98 Å². The fourth-order valence-electron chi connectivity index (χ4n) is 2.25. The SMILES string of the molecule is O=C(O)c1cc2c(nc1OCc1ccco1)CCC2. The molecule has 0 amide bonds. The maximum absolute atomic E-state index is 11.2. The number of furan rings is 1. The second-order valence-corrected chi connectivity index (χ2v) is 4.47. The van der Waals surface area contributed by atoms with Crippen molar-refractivity contribution in [1.29, 1.82) is 0 Å². The molecule has 0 saturated carbocycles. The van der Waals surface area contributed by atoms with Gasteiger partial charge in [-0.3, -0.25) is 0 Å². The standard InChI is InChI=1S/C14H13NO4/c16-14(17)11-7-9-3-1-5-12(9)15-13(11)19-8-10-4-2-6-18-10/h2,4,6-7H,1,3,5,8H2,(H,16,17). The Morgan fingerprint density at radius 1 is 1.47 bits per heavy atom. The van der Waals surface area contributed by atoms with Gasteiger partial charge in [0.25, 0.3) is 0 Å². The fourth-order valence-corrected chi connectivity index (χ4v) is 2.25. The number of ether oxygens (including phenoxy) is 1. The van der Waals surface area contributed by atoms with Gasteiger partial charge in [-0.1, -0.05) is 0 Å². The maximum atomic E-state index is 11.2. The van der Waals surface area contributed by atoms with Crippen LogP contribution in [-0.2, 0) is 19.4 Å². The summed E-state index contributed by atoms with van der Waals surface area (Å²) < 4.78 is 10.6. The summed E-state index contributed by atoms with van der Waals surface area (Å²) in [4.78, 5) is 15.6. The number of pyridine rings is 1. The Morgan fingerprint density at radius 2 is 2.37 bits per heavy atom. The van der Waals surface area contributed by atoms with Gasteiger partial charge in [-0.25, -0.2) is 9.78 Å². The van der Waals surface area contributed by atoms with Crippen LogP contribution in [0.4, 0.5) is 0 Å². The smallest absolute Gasteiger partial charge is 0.341 e. The predicted octanol–water partition coefficient (Wildman–Crippen LogP) is 2.44. The van der Waals surface area contributed by atoms with Crippen molar-refractivity contribution in [3.05, 3.63) is 47.0 Å². The lowest BCUT2D eigenvalue weighted by atomic mass is 10.1. The van der Waals surface area contributed by atoms with Crippen LogP contribution in [0, 0.1) is 0 Å². The van der Waals surface area contributed by atoms with Crippen LogP contribution in [0.15, 0.2) is 28.9 Å². The Balaban J connectivity index is 1.88. The number of carboxylic acids is 1. The predicted molar refractivity (Wildman–Crippen MR) is 66.3 cm³/mol. The number of hydrogen-bond acceptors (Lipinski definition) is 4. The van der Waals surface area contributed by atoms with Crippen LogP contribution in [0.3, 0.4) is 0 Å². The highest BCUT2D eigenvalue weighted by Crippen LogP contribution is 2.27. The summed E-state index contributed by atoms with van der Waals surface area (Å²) in [5.41, 5.74) is 2.08. The van der Waals surface area contributed by atoms with E-state index in [0.29, 0.717) is 5.76 Å². The minimum Gasteiger partial charge on any atom is -0.477 e. The topological polar surface area (TPSA) is 72.6 Å². The molecule has 1 aliphatic carbocycles. The van der Waals surface area contributed by atoms with E-state index in [1.807, 2.05) is 0 Å². The molecule has 0 bridgehead atoms. The van der Waals surface area contributed by atoms with Gasteiger partial charge in [-0.15, -0.1) is 0 Å². The third kappa shape index (κ3) is 2.31. The highest BCUT2D eigenvalue weighted by atomic mass is 16.5. The van der Waals surface area contributed by atoms with Crippen molar-refractivity contribution in [3.63, 3.8) is 0 Å². The number of hydrogen-bond donors (Lipinski definition) is 1. The molecule has 98 valence electrons. The maximum Gasteiger partial charge on any atom is 0.341 e. The zero-order valence-electron chi connectivity index (χ0n) is 10.3. The van der Waals surface area contributed by atoms with Crippen molar-refractivity contribution in [1.82, 2.24) is 4.98 Å². The first kappa shape index (κ1) is 11.8. The molecular weight excluding hydrogens is 246 g/mol. The van der Waals surface area contributed by atoms with Gasteiger partial charge in [0.05, 0.1) is 6.26 Å². The molecule has 1 N–H and O–H groups in total. The molecule has 0 saturated heterocycles. The number of fused-ring (bicyclic) bond motifs is 1. The van der Waals surface area contributed by atoms with E-state index in [-0.39, 0.29) is 18.1 Å². The molecule has 19 heavy (non-hydrogen) atoms. The highest BCUT2D eigenvalue weighted by Gasteiger charge is 2.21. The molecule has 0 unspecified atom stereocenters. The highest BCUT2D eigenvalue weighted by molar-refractivity contribution is 5.90. The third-order valence-corrected chi connectivity index (χ3v) is 3.18. The lowest BCUT2D eigenvalue weighted by Gasteiger charge is -2.09. The molecule has 0 atom stereocenters. The quantitative estimate of drug-likeness (QED) is 0.912. The molecule has 0 spiro atoms. The van der Waals surface area contributed by atoms with Crippen molar-refractivity contribution in [2.45, 2.75) is 25.9 Å². The first-order valence-electron chi connectivity index (χ1n) is 6.15. The molecule has 5 nitrogen and oxygen atoms in total. The number of aromatic carboxylic acids is 1. The number of rotatable bonds is 4. The molecule has 5 heteroatoms. The Morgan fingerprint density at radius 3 is 3.11 bits per heavy atom. The molecule has 3 rings (SSSR count). The van der Waals surface area contributed by atoms with E-state index in [4.69, 9.17) is 9.15 Å². The van der Waals surface area contributed by atoms with E-state index in [0.717, 1.165) is 30.5 Å². The average Bonchev–Trinajstić information content (AvgIpc) is 3.05. The first-order chi connectivity index (χ1) is 9.24. The molecule has 2 heterocycles. The molecule has 2 aromatic rings. The summed E-state index contributed by atoms with van der Waals surface area (Å²) >= 11 is 0. The third-order valence-electron chi connectivity index (χ3n) is 3.18. The molecule has 0 radical (unpaired) electrons. The zero-order valence-corrected chi connectivity index (χ0v) is 10.3. The van der Waals surface area contributed by atoms with Crippen molar-refractivity contribution < 1.29 is 19.1 Å². The van der Waals surface area contributed by atoms with E-state index >= 15 is 0 Å². The summed E-state index contributed by atoms with van der Waals surface area (Å²) in [6.45, 7) is 0.180. The van der Waals surface area contributed by atoms with Crippen molar-refractivity contribution in [2.24, 2.45) is 0 Å². The monoisotopic (exact) mass is 259 g/mol. The molecular formula is C14H13NO4. The van der Waals surface area contributed by atoms with Crippen LogP contribution in [0.1, 0.15) is 33.8 Å². The van der Waals surface area contributed by atoms with Crippen LogP contribution in [0.5, 0.6) is 5.88 Å². The summed E-state index contributed by atoms with van der Waals surface area (Å²) in [6, 6.07) is 5.20. The second-order valence-electron chi connectivity index (χ2n) is 4.47. The van der Waals surface area contributed by atoms with Gasteiger partial charge in [0.2, 0.25) is 5.88 Å². The van der Waals surface area contributed by atoms with Gasteiger partial charge >= 0.3 is 5.97 Å². The Hall–Kier alpha value is -2.30. The van der Waals surface area contributed by atoms with Crippen LogP contribution in [-0.4, -0.2) is 16.1 Å². The number of carboxylic acid groups (broad SMARTS) is 1. The molecule has 0 aromatic carbocycles. The average molecular weight is 259 g/mol. The van der Waals surface area contributed by atoms with Gasteiger partial charge in [-0.05, 0) is 43.0 Å². The second kappa shape index (κ2) is 4.76. The Kier molecular flexibility index (Phi) is 2.95. The fraction of sp³-hybridized carbons (Fsp3) is 0.286. The van der Waals surface area contributed by atoms with Crippen molar-refractivity contribution in [3.8, 4) is 5.88 Å². The van der Waals surface area contributed by atoms with Gasteiger partial charge in [-0.2, -0.15) is 0 Å². The number of aromatic nitrogens is 1. The summed E-state index contributed by atoms with van der Waals surface area (Å²) in [6.07, 6.45) is 4.34. The van der Waals surface area contributed by atoms with E-state index < -0.39 is 5.97 Å². The van der Waals surface area contributed by atoms with Gasteiger partial charge < -0.3 is 14.3 Å². The van der Waals surface area contributed by atoms with Crippen LogP contribution in [0.2, 0.25) is 0 Å². The largest absolute Gasteiger partial charge is 0.477 e. The molecule has 1 aliphatic rings. The van der Waals surface area contributed by atoms with E-state index in [9.17, 15) is 9.90 Å². The summed E-state index contributed by atoms with van der Waals surface area (Å²) in [7, 11) is 0. The Bertz CT molecular complexity index is 604. The summed E-state index contributed by atoms with van der Waals surface area (Å²) in [5, 5.41) is 9.21. The lowest BCUT2D eigenvalue weighted by molar-refractivity contribution is 0.0690.